The average Bonchev–Trinajstić information content (AvgIpc) is 2.30. The van der Waals surface area contributed by atoms with Gasteiger partial charge in [0.05, 0.1) is 0 Å². The summed E-state index contributed by atoms with van der Waals surface area (Å²) in [6, 6.07) is 9.38. The van der Waals surface area contributed by atoms with Gasteiger partial charge in [0.1, 0.15) is 0 Å². The first-order valence-electron chi connectivity index (χ1n) is 5.60. The Morgan fingerprint density at radius 3 is 2.60 bits per heavy atom. The standard InChI is InChI=1S/C14H18O/c1-2-3-4-5-9-12-14(15)13-10-7-6-8-11-13/h6-12H,2-5H2,1H3. The van der Waals surface area contributed by atoms with Gasteiger partial charge in [-0.05, 0) is 18.9 Å². The molecule has 0 aliphatic carbocycles. The van der Waals surface area contributed by atoms with E-state index in [1.807, 2.05) is 36.4 Å². The molecule has 15 heavy (non-hydrogen) atoms. The lowest BCUT2D eigenvalue weighted by molar-refractivity contribution is 0.104. The highest BCUT2D eigenvalue weighted by Gasteiger charge is 1.98. The molecule has 0 amide bonds. The van der Waals surface area contributed by atoms with E-state index in [9.17, 15) is 4.79 Å². The van der Waals surface area contributed by atoms with Gasteiger partial charge in [0.25, 0.3) is 0 Å². The third kappa shape index (κ3) is 4.59. The van der Waals surface area contributed by atoms with E-state index in [-0.39, 0.29) is 5.78 Å². The molecular formula is C14H18O. The normalized spacial score (nSPS) is 10.7. The molecule has 1 nitrogen and oxygen atoms in total. The van der Waals surface area contributed by atoms with Crippen LogP contribution in [-0.4, -0.2) is 5.78 Å². The van der Waals surface area contributed by atoms with E-state index in [0.717, 1.165) is 12.0 Å². The predicted octanol–water partition coefficient (Wildman–Crippen LogP) is 4.01. The SMILES string of the molecule is CCCCCC=CC(=O)c1ccccc1. The first kappa shape index (κ1) is 11.7. The van der Waals surface area contributed by atoms with Crippen molar-refractivity contribution in [2.75, 3.05) is 0 Å². The van der Waals surface area contributed by atoms with Crippen LogP contribution in [0.1, 0.15) is 43.0 Å². The Kier molecular flexibility index (Phi) is 5.46. The van der Waals surface area contributed by atoms with E-state index in [1.165, 1.54) is 19.3 Å². The molecule has 0 aromatic heterocycles. The summed E-state index contributed by atoms with van der Waals surface area (Å²) in [6.07, 6.45) is 8.31. The van der Waals surface area contributed by atoms with Crippen molar-refractivity contribution in [1.82, 2.24) is 0 Å². The van der Waals surface area contributed by atoms with Crippen LogP contribution in [0, 0.1) is 0 Å². The molecule has 1 rings (SSSR count). The number of allylic oxidation sites excluding steroid dienone is 2. The van der Waals surface area contributed by atoms with Gasteiger partial charge in [-0.25, -0.2) is 0 Å². The van der Waals surface area contributed by atoms with Crippen LogP contribution < -0.4 is 0 Å². The summed E-state index contributed by atoms with van der Waals surface area (Å²) in [5.74, 6) is 0.104. The molecule has 1 aromatic carbocycles. The van der Waals surface area contributed by atoms with Gasteiger partial charge >= 0.3 is 0 Å². The highest BCUT2D eigenvalue weighted by molar-refractivity contribution is 6.04. The zero-order valence-corrected chi connectivity index (χ0v) is 9.28. The van der Waals surface area contributed by atoms with Crippen molar-refractivity contribution in [1.29, 1.82) is 0 Å². The maximum Gasteiger partial charge on any atom is 0.185 e. The molecule has 0 atom stereocenters. The van der Waals surface area contributed by atoms with Crippen LogP contribution in [0.25, 0.3) is 0 Å². The number of unbranched alkanes of at least 4 members (excludes halogenated alkanes) is 3. The van der Waals surface area contributed by atoms with Crippen molar-refractivity contribution in [2.24, 2.45) is 0 Å². The van der Waals surface area contributed by atoms with E-state index >= 15 is 0 Å². The Hall–Kier alpha value is -1.37. The fraction of sp³-hybridized carbons (Fsp3) is 0.357. The largest absolute Gasteiger partial charge is 0.289 e. The van der Waals surface area contributed by atoms with Crippen molar-refractivity contribution in [2.45, 2.75) is 32.6 Å². The fourth-order valence-corrected chi connectivity index (χ4v) is 1.40. The number of benzene rings is 1. The number of carbonyl (C=O) groups excluding carboxylic acids is 1. The van der Waals surface area contributed by atoms with Gasteiger partial charge in [0, 0.05) is 5.56 Å². The molecule has 0 saturated heterocycles. The summed E-state index contributed by atoms with van der Waals surface area (Å²) >= 11 is 0. The highest BCUT2D eigenvalue weighted by Crippen LogP contribution is 2.03. The molecule has 0 heterocycles. The molecule has 1 heteroatoms. The third-order valence-corrected chi connectivity index (χ3v) is 2.30. The smallest absolute Gasteiger partial charge is 0.185 e. The topological polar surface area (TPSA) is 17.1 Å². The second kappa shape index (κ2) is 6.99. The van der Waals surface area contributed by atoms with Crippen molar-refractivity contribution >= 4 is 5.78 Å². The fourth-order valence-electron chi connectivity index (χ4n) is 1.40. The van der Waals surface area contributed by atoms with Gasteiger partial charge in [-0.3, -0.25) is 4.79 Å². The monoisotopic (exact) mass is 202 g/mol. The highest BCUT2D eigenvalue weighted by atomic mass is 16.1. The van der Waals surface area contributed by atoms with Crippen LogP contribution in [0.5, 0.6) is 0 Å². The molecule has 0 aliphatic heterocycles. The maximum atomic E-state index is 11.6. The van der Waals surface area contributed by atoms with Crippen molar-refractivity contribution in [3.63, 3.8) is 0 Å². The molecule has 80 valence electrons. The number of ketones is 1. The summed E-state index contributed by atoms with van der Waals surface area (Å²) in [6.45, 7) is 2.18. The maximum absolute atomic E-state index is 11.6. The van der Waals surface area contributed by atoms with E-state index in [0.29, 0.717) is 0 Å². The zero-order valence-electron chi connectivity index (χ0n) is 9.28. The van der Waals surface area contributed by atoms with E-state index < -0.39 is 0 Å². The number of hydrogen-bond donors (Lipinski definition) is 0. The van der Waals surface area contributed by atoms with Gasteiger partial charge in [0.15, 0.2) is 5.78 Å². The molecule has 0 radical (unpaired) electrons. The van der Waals surface area contributed by atoms with Gasteiger partial charge in [-0.1, -0.05) is 56.2 Å². The Morgan fingerprint density at radius 1 is 1.20 bits per heavy atom. The second-order valence-corrected chi connectivity index (χ2v) is 3.63. The van der Waals surface area contributed by atoms with Crippen LogP contribution in [0.3, 0.4) is 0 Å². The first-order valence-corrected chi connectivity index (χ1v) is 5.60. The van der Waals surface area contributed by atoms with Crippen molar-refractivity contribution in [3.8, 4) is 0 Å². The molecule has 0 fully saturated rings. The van der Waals surface area contributed by atoms with Crippen LogP contribution in [0.2, 0.25) is 0 Å². The van der Waals surface area contributed by atoms with Crippen LogP contribution in [0.15, 0.2) is 42.5 Å². The molecule has 0 aliphatic rings. The molecular weight excluding hydrogens is 184 g/mol. The van der Waals surface area contributed by atoms with Gasteiger partial charge in [-0.2, -0.15) is 0 Å². The molecule has 0 unspecified atom stereocenters. The summed E-state index contributed by atoms with van der Waals surface area (Å²) in [5, 5.41) is 0. The minimum atomic E-state index is 0.104. The van der Waals surface area contributed by atoms with Crippen LogP contribution >= 0.6 is 0 Å². The Labute approximate surface area is 91.8 Å². The lowest BCUT2D eigenvalue weighted by atomic mass is 10.1. The quantitative estimate of drug-likeness (QED) is 0.387. The van der Waals surface area contributed by atoms with Crippen molar-refractivity contribution < 1.29 is 4.79 Å². The van der Waals surface area contributed by atoms with Gasteiger partial charge in [-0.15, -0.1) is 0 Å². The number of carbonyl (C=O) groups is 1. The minimum absolute atomic E-state index is 0.104. The summed E-state index contributed by atoms with van der Waals surface area (Å²) in [4.78, 5) is 11.6. The lowest BCUT2D eigenvalue weighted by Gasteiger charge is -1.94. The predicted molar refractivity (Wildman–Crippen MR) is 64.1 cm³/mol. The molecule has 0 N–H and O–H groups in total. The summed E-state index contributed by atoms with van der Waals surface area (Å²) < 4.78 is 0. The second-order valence-electron chi connectivity index (χ2n) is 3.63. The van der Waals surface area contributed by atoms with E-state index in [4.69, 9.17) is 0 Å². The molecule has 0 bridgehead atoms. The number of hydrogen-bond acceptors (Lipinski definition) is 1. The lowest BCUT2D eigenvalue weighted by Crippen LogP contribution is -1.92. The van der Waals surface area contributed by atoms with E-state index in [2.05, 4.69) is 6.92 Å². The Balaban J connectivity index is 2.36. The van der Waals surface area contributed by atoms with Crippen molar-refractivity contribution in [3.05, 3.63) is 48.0 Å². The minimum Gasteiger partial charge on any atom is -0.289 e. The molecule has 0 spiro atoms. The van der Waals surface area contributed by atoms with Crippen LogP contribution in [0.4, 0.5) is 0 Å². The first-order chi connectivity index (χ1) is 7.34. The zero-order chi connectivity index (χ0) is 10.9. The number of rotatable bonds is 6. The molecule has 0 saturated carbocycles. The Bertz CT molecular complexity index is 311. The summed E-state index contributed by atoms with van der Waals surface area (Å²) in [5.41, 5.74) is 0.768. The average molecular weight is 202 g/mol. The summed E-state index contributed by atoms with van der Waals surface area (Å²) in [7, 11) is 0. The Morgan fingerprint density at radius 2 is 1.93 bits per heavy atom. The molecule has 1 aromatic rings. The van der Waals surface area contributed by atoms with Gasteiger partial charge in [0.2, 0.25) is 0 Å². The van der Waals surface area contributed by atoms with Crippen LogP contribution in [-0.2, 0) is 0 Å². The van der Waals surface area contributed by atoms with E-state index in [1.54, 1.807) is 6.08 Å². The third-order valence-electron chi connectivity index (χ3n) is 2.30. The van der Waals surface area contributed by atoms with Gasteiger partial charge < -0.3 is 0 Å².